The molecule has 2 nitrogen and oxygen atoms in total. The van der Waals surface area contributed by atoms with E-state index in [1.807, 2.05) is 23.9 Å². The van der Waals surface area contributed by atoms with Gasteiger partial charge in [0.25, 0.3) is 0 Å². The van der Waals surface area contributed by atoms with Crippen molar-refractivity contribution in [3.63, 3.8) is 0 Å². The first kappa shape index (κ1) is 16.8. The molecule has 1 heterocycles. The number of thioether (sulfide) groups is 1. The molecule has 0 fully saturated rings. The van der Waals surface area contributed by atoms with Crippen LogP contribution in [0.4, 0.5) is 0 Å². The zero-order valence-corrected chi connectivity index (χ0v) is 15.4. The second-order valence-corrected chi connectivity index (χ2v) is 7.45. The molecule has 0 amide bonds. The Bertz CT molecular complexity index is 901. The van der Waals surface area contributed by atoms with Crippen LogP contribution in [0.25, 0.3) is 6.08 Å². The number of fused-ring (bicyclic) bond motifs is 1. The van der Waals surface area contributed by atoms with Crippen LogP contribution in [-0.4, -0.2) is 6.79 Å². The molecule has 0 aliphatic carbocycles. The van der Waals surface area contributed by atoms with Gasteiger partial charge in [0.1, 0.15) is 0 Å². The molecule has 3 aromatic carbocycles. The average Bonchev–Trinajstić information content (AvgIpc) is 3.15. The van der Waals surface area contributed by atoms with Crippen LogP contribution >= 0.6 is 11.8 Å². The van der Waals surface area contributed by atoms with Gasteiger partial charge in [0.05, 0.1) is 5.25 Å². The summed E-state index contributed by atoms with van der Waals surface area (Å²) in [6.45, 7) is 2.41. The Kier molecular flexibility index (Phi) is 4.98. The highest BCUT2D eigenvalue weighted by molar-refractivity contribution is 7.99. The summed E-state index contributed by atoms with van der Waals surface area (Å²) in [6, 6.07) is 25.2. The highest BCUT2D eigenvalue weighted by Gasteiger charge is 2.17. The largest absolute Gasteiger partial charge is 0.454 e. The molecule has 0 N–H and O–H groups in total. The van der Waals surface area contributed by atoms with E-state index in [-0.39, 0.29) is 5.25 Å². The zero-order chi connectivity index (χ0) is 17.8. The first-order valence-corrected chi connectivity index (χ1v) is 9.52. The van der Waals surface area contributed by atoms with E-state index in [9.17, 15) is 0 Å². The van der Waals surface area contributed by atoms with E-state index in [1.165, 1.54) is 21.6 Å². The van der Waals surface area contributed by atoms with Crippen molar-refractivity contribution in [3.05, 3.63) is 95.6 Å². The molecular formula is C23H20O2S. The summed E-state index contributed by atoms with van der Waals surface area (Å²) >= 11 is 1.83. The molecule has 1 aliphatic heterocycles. The Morgan fingerprint density at radius 3 is 2.46 bits per heavy atom. The van der Waals surface area contributed by atoms with Crippen molar-refractivity contribution in [1.29, 1.82) is 0 Å². The van der Waals surface area contributed by atoms with Crippen LogP contribution in [0.1, 0.15) is 21.9 Å². The Balaban J connectivity index is 1.64. The fourth-order valence-corrected chi connectivity index (χ4v) is 3.86. The molecule has 0 radical (unpaired) electrons. The maximum Gasteiger partial charge on any atom is 0.231 e. The maximum absolute atomic E-state index is 5.56. The lowest BCUT2D eigenvalue weighted by Crippen LogP contribution is -1.93. The van der Waals surface area contributed by atoms with E-state index < -0.39 is 0 Å². The molecular weight excluding hydrogens is 340 g/mol. The zero-order valence-electron chi connectivity index (χ0n) is 14.6. The first-order chi connectivity index (χ1) is 12.8. The molecule has 3 heteroatoms. The van der Waals surface area contributed by atoms with Crippen molar-refractivity contribution >= 4 is 17.8 Å². The van der Waals surface area contributed by atoms with Crippen LogP contribution < -0.4 is 9.47 Å². The van der Waals surface area contributed by atoms with E-state index in [1.54, 1.807) is 0 Å². The molecule has 1 atom stereocenters. The SMILES string of the molecule is Cc1ccc(SC(/C=C/c2ccccc2)c2ccc3c(c2)OCO3)cc1. The predicted molar refractivity (Wildman–Crippen MR) is 108 cm³/mol. The number of rotatable bonds is 5. The molecule has 26 heavy (non-hydrogen) atoms. The van der Waals surface area contributed by atoms with Crippen LogP contribution in [0, 0.1) is 6.92 Å². The molecule has 0 bridgehead atoms. The van der Waals surface area contributed by atoms with Gasteiger partial charge in [0.2, 0.25) is 6.79 Å². The van der Waals surface area contributed by atoms with Crippen LogP contribution in [0.15, 0.2) is 83.8 Å². The summed E-state index contributed by atoms with van der Waals surface area (Å²) in [5.41, 5.74) is 3.67. The average molecular weight is 360 g/mol. The summed E-state index contributed by atoms with van der Waals surface area (Å²) in [5, 5.41) is 0.187. The van der Waals surface area contributed by atoms with Gasteiger partial charge in [-0.15, -0.1) is 11.8 Å². The van der Waals surface area contributed by atoms with Crippen molar-refractivity contribution in [2.45, 2.75) is 17.1 Å². The van der Waals surface area contributed by atoms with E-state index in [2.05, 4.69) is 79.7 Å². The molecule has 0 spiro atoms. The van der Waals surface area contributed by atoms with Gasteiger partial charge in [-0.3, -0.25) is 0 Å². The Morgan fingerprint density at radius 1 is 0.885 bits per heavy atom. The van der Waals surface area contributed by atoms with Gasteiger partial charge in [-0.1, -0.05) is 66.2 Å². The highest BCUT2D eigenvalue weighted by Crippen LogP contribution is 2.41. The van der Waals surface area contributed by atoms with Gasteiger partial charge in [-0.2, -0.15) is 0 Å². The fraction of sp³-hybridized carbons (Fsp3) is 0.130. The normalized spacial score (nSPS) is 13.9. The molecule has 1 unspecified atom stereocenters. The molecule has 1 aliphatic rings. The van der Waals surface area contributed by atoms with Gasteiger partial charge in [0.15, 0.2) is 11.5 Å². The van der Waals surface area contributed by atoms with Crippen LogP contribution in [-0.2, 0) is 0 Å². The summed E-state index contributed by atoms with van der Waals surface area (Å²) in [4.78, 5) is 1.25. The van der Waals surface area contributed by atoms with Crippen molar-refractivity contribution < 1.29 is 9.47 Å². The van der Waals surface area contributed by atoms with E-state index in [4.69, 9.17) is 9.47 Å². The Morgan fingerprint density at radius 2 is 1.65 bits per heavy atom. The monoisotopic (exact) mass is 360 g/mol. The van der Waals surface area contributed by atoms with Crippen molar-refractivity contribution in [2.75, 3.05) is 6.79 Å². The minimum atomic E-state index is 0.187. The van der Waals surface area contributed by atoms with Crippen LogP contribution in [0.2, 0.25) is 0 Å². The van der Waals surface area contributed by atoms with Crippen LogP contribution in [0.5, 0.6) is 11.5 Å². The van der Waals surface area contributed by atoms with Crippen molar-refractivity contribution in [3.8, 4) is 11.5 Å². The summed E-state index contributed by atoms with van der Waals surface area (Å²) in [5.74, 6) is 1.64. The fourth-order valence-electron chi connectivity index (χ4n) is 2.83. The molecule has 0 saturated heterocycles. The number of aryl methyl sites for hydroxylation is 1. The van der Waals surface area contributed by atoms with E-state index >= 15 is 0 Å². The minimum absolute atomic E-state index is 0.187. The van der Waals surface area contributed by atoms with Gasteiger partial charge >= 0.3 is 0 Å². The highest BCUT2D eigenvalue weighted by atomic mass is 32.2. The van der Waals surface area contributed by atoms with E-state index in [0.717, 1.165) is 11.5 Å². The van der Waals surface area contributed by atoms with Crippen LogP contribution in [0.3, 0.4) is 0 Å². The number of benzene rings is 3. The number of ether oxygens (including phenoxy) is 2. The quantitative estimate of drug-likeness (QED) is 0.500. The number of hydrogen-bond donors (Lipinski definition) is 0. The summed E-state index contributed by atoms with van der Waals surface area (Å²) in [7, 11) is 0. The molecule has 4 rings (SSSR count). The van der Waals surface area contributed by atoms with Crippen molar-refractivity contribution in [1.82, 2.24) is 0 Å². The second kappa shape index (κ2) is 7.71. The topological polar surface area (TPSA) is 18.5 Å². The van der Waals surface area contributed by atoms with E-state index in [0.29, 0.717) is 6.79 Å². The number of hydrogen-bond acceptors (Lipinski definition) is 3. The third-order valence-corrected chi connectivity index (χ3v) is 5.50. The molecule has 0 saturated carbocycles. The first-order valence-electron chi connectivity index (χ1n) is 8.64. The molecule has 130 valence electrons. The Hall–Kier alpha value is -2.65. The standard InChI is InChI=1S/C23H20O2S/c1-17-7-11-20(12-8-17)26-23(14-9-18-5-3-2-4-6-18)19-10-13-21-22(15-19)25-16-24-21/h2-15,23H,16H2,1H3/b14-9+. The third-order valence-electron chi connectivity index (χ3n) is 4.27. The van der Waals surface area contributed by atoms with Gasteiger partial charge in [0, 0.05) is 4.90 Å². The van der Waals surface area contributed by atoms with Gasteiger partial charge in [-0.05, 0) is 42.3 Å². The van der Waals surface area contributed by atoms with Gasteiger partial charge < -0.3 is 9.47 Å². The minimum Gasteiger partial charge on any atom is -0.454 e. The third kappa shape index (κ3) is 3.94. The summed E-state index contributed by atoms with van der Waals surface area (Å²) < 4.78 is 11.0. The molecule has 3 aromatic rings. The summed E-state index contributed by atoms with van der Waals surface area (Å²) in [6.07, 6.45) is 4.42. The van der Waals surface area contributed by atoms with Crippen molar-refractivity contribution in [2.24, 2.45) is 0 Å². The predicted octanol–water partition coefficient (Wildman–Crippen LogP) is 6.27. The lowest BCUT2D eigenvalue weighted by atomic mass is 10.1. The molecule has 0 aromatic heterocycles. The smallest absolute Gasteiger partial charge is 0.231 e. The lowest BCUT2D eigenvalue weighted by Gasteiger charge is -2.14. The van der Waals surface area contributed by atoms with Gasteiger partial charge in [-0.25, -0.2) is 0 Å². The maximum atomic E-state index is 5.56. The second-order valence-electron chi connectivity index (χ2n) is 6.23. The Labute approximate surface area is 158 Å². The lowest BCUT2D eigenvalue weighted by molar-refractivity contribution is 0.174.